The van der Waals surface area contributed by atoms with Crippen molar-refractivity contribution >= 4 is 0 Å². The number of benzene rings is 1. The molecule has 0 aliphatic rings. The molecule has 1 aromatic carbocycles. The van der Waals surface area contributed by atoms with Gasteiger partial charge in [-0.25, -0.2) is 0 Å². The summed E-state index contributed by atoms with van der Waals surface area (Å²) in [4.78, 5) is 0. The van der Waals surface area contributed by atoms with Crippen LogP contribution in [0.15, 0.2) is 24.3 Å². The molecule has 0 aromatic heterocycles. The molecule has 0 saturated heterocycles. The molecule has 0 aliphatic heterocycles. The number of aryl methyl sites for hydroxylation is 1. The maximum atomic E-state index is 3.52. The minimum absolute atomic E-state index is 0.630. The van der Waals surface area contributed by atoms with Crippen LogP contribution in [0.4, 0.5) is 0 Å². The van der Waals surface area contributed by atoms with Gasteiger partial charge in [0, 0.05) is 0 Å². The molecule has 2 atom stereocenters. The standard InChI is InChI=1S/C17H29N/c1-5-7-16-8-10-17(11-9-16)15(4)14(3)13-18-12-6-2/h8-11,14-15,18H,5-7,12-13H2,1-4H3. The predicted molar refractivity (Wildman–Crippen MR) is 81.2 cm³/mol. The lowest BCUT2D eigenvalue weighted by atomic mass is 9.88. The Hall–Kier alpha value is -0.820. The smallest absolute Gasteiger partial charge is 0.00174 e. The fourth-order valence-electron chi connectivity index (χ4n) is 2.29. The van der Waals surface area contributed by atoms with Gasteiger partial charge in [-0.05, 0) is 48.9 Å². The van der Waals surface area contributed by atoms with Crippen molar-refractivity contribution in [2.45, 2.75) is 52.9 Å². The SMILES string of the molecule is CCCNCC(C)C(C)c1ccc(CCC)cc1. The van der Waals surface area contributed by atoms with Gasteiger partial charge in [0.1, 0.15) is 0 Å². The molecule has 2 unspecified atom stereocenters. The molecular formula is C17H29N. The van der Waals surface area contributed by atoms with E-state index in [2.05, 4.69) is 57.3 Å². The summed E-state index contributed by atoms with van der Waals surface area (Å²) in [6, 6.07) is 9.21. The predicted octanol–water partition coefficient (Wildman–Crippen LogP) is 4.38. The molecule has 1 heteroatoms. The topological polar surface area (TPSA) is 12.0 Å². The van der Waals surface area contributed by atoms with E-state index in [0.29, 0.717) is 11.8 Å². The zero-order valence-electron chi connectivity index (χ0n) is 12.5. The second-order valence-electron chi connectivity index (χ2n) is 5.46. The third-order valence-corrected chi connectivity index (χ3v) is 3.79. The molecule has 1 aromatic rings. The number of hydrogen-bond donors (Lipinski definition) is 1. The molecule has 0 aliphatic carbocycles. The van der Waals surface area contributed by atoms with Gasteiger partial charge < -0.3 is 5.32 Å². The fourth-order valence-corrected chi connectivity index (χ4v) is 2.29. The Morgan fingerprint density at radius 1 is 1.00 bits per heavy atom. The molecule has 1 rings (SSSR count). The summed E-state index contributed by atoms with van der Waals surface area (Å²) < 4.78 is 0. The van der Waals surface area contributed by atoms with E-state index in [0.717, 1.165) is 13.1 Å². The van der Waals surface area contributed by atoms with Gasteiger partial charge in [0.15, 0.2) is 0 Å². The Kier molecular flexibility index (Phi) is 7.04. The van der Waals surface area contributed by atoms with Crippen molar-refractivity contribution in [1.82, 2.24) is 5.32 Å². The molecule has 0 spiro atoms. The molecule has 0 fully saturated rings. The first-order chi connectivity index (χ1) is 8.69. The van der Waals surface area contributed by atoms with E-state index in [4.69, 9.17) is 0 Å². The van der Waals surface area contributed by atoms with Crippen LogP contribution in [0.2, 0.25) is 0 Å². The number of hydrogen-bond acceptors (Lipinski definition) is 1. The molecule has 18 heavy (non-hydrogen) atoms. The lowest BCUT2D eigenvalue weighted by Crippen LogP contribution is -2.25. The van der Waals surface area contributed by atoms with Gasteiger partial charge in [0.05, 0.1) is 0 Å². The van der Waals surface area contributed by atoms with E-state index < -0.39 is 0 Å². The first kappa shape index (κ1) is 15.2. The van der Waals surface area contributed by atoms with Crippen LogP contribution in [0.5, 0.6) is 0 Å². The minimum Gasteiger partial charge on any atom is -0.316 e. The van der Waals surface area contributed by atoms with E-state index in [9.17, 15) is 0 Å². The van der Waals surface area contributed by atoms with E-state index >= 15 is 0 Å². The Bertz CT molecular complexity index is 315. The van der Waals surface area contributed by atoms with Gasteiger partial charge in [0.2, 0.25) is 0 Å². The van der Waals surface area contributed by atoms with Crippen LogP contribution < -0.4 is 5.32 Å². The normalized spacial score (nSPS) is 14.4. The van der Waals surface area contributed by atoms with Gasteiger partial charge in [-0.3, -0.25) is 0 Å². The zero-order valence-corrected chi connectivity index (χ0v) is 12.5. The highest BCUT2D eigenvalue weighted by Crippen LogP contribution is 2.24. The van der Waals surface area contributed by atoms with Gasteiger partial charge in [-0.1, -0.05) is 58.4 Å². The quantitative estimate of drug-likeness (QED) is 0.672. The van der Waals surface area contributed by atoms with Crippen molar-refractivity contribution in [3.8, 4) is 0 Å². The minimum atomic E-state index is 0.630. The first-order valence-electron chi connectivity index (χ1n) is 7.48. The lowest BCUT2D eigenvalue weighted by molar-refractivity contribution is 0.448. The van der Waals surface area contributed by atoms with Crippen LogP contribution >= 0.6 is 0 Å². The highest BCUT2D eigenvalue weighted by molar-refractivity contribution is 5.25. The van der Waals surface area contributed by atoms with Crippen molar-refractivity contribution in [2.24, 2.45) is 5.92 Å². The molecule has 0 amide bonds. The average Bonchev–Trinajstić information content (AvgIpc) is 2.39. The summed E-state index contributed by atoms with van der Waals surface area (Å²) in [5, 5.41) is 3.52. The summed E-state index contributed by atoms with van der Waals surface area (Å²) in [7, 11) is 0. The first-order valence-corrected chi connectivity index (χ1v) is 7.48. The van der Waals surface area contributed by atoms with Crippen molar-refractivity contribution < 1.29 is 0 Å². The van der Waals surface area contributed by atoms with Crippen LogP contribution in [-0.4, -0.2) is 13.1 Å². The maximum Gasteiger partial charge on any atom is -0.00174 e. The highest BCUT2D eigenvalue weighted by atomic mass is 14.8. The third-order valence-electron chi connectivity index (χ3n) is 3.79. The Labute approximate surface area is 113 Å². The van der Waals surface area contributed by atoms with Crippen LogP contribution in [0, 0.1) is 5.92 Å². The van der Waals surface area contributed by atoms with Crippen molar-refractivity contribution in [2.75, 3.05) is 13.1 Å². The second-order valence-corrected chi connectivity index (χ2v) is 5.46. The maximum absolute atomic E-state index is 3.52. The Morgan fingerprint density at radius 2 is 1.67 bits per heavy atom. The Morgan fingerprint density at radius 3 is 2.22 bits per heavy atom. The summed E-state index contributed by atoms with van der Waals surface area (Å²) in [5.74, 6) is 1.32. The summed E-state index contributed by atoms with van der Waals surface area (Å²) >= 11 is 0. The zero-order chi connectivity index (χ0) is 13.4. The lowest BCUT2D eigenvalue weighted by Gasteiger charge is -2.21. The molecule has 0 saturated carbocycles. The van der Waals surface area contributed by atoms with Crippen LogP contribution in [-0.2, 0) is 6.42 Å². The molecule has 0 heterocycles. The molecule has 0 radical (unpaired) electrons. The average molecular weight is 247 g/mol. The van der Waals surface area contributed by atoms with E-state index in [1.807, 2.05) is 0 Å². The number of nitrogens with one attached hydrogen (secondary N) is 1. The van der Waals surface area contributed by atoms with Gasteiger partial charge in [0.25, 0.3) is 0 Å². The highest BCUT2D eigenvalue weighted by Gasteiger charge is 2.13. The fraction of sp³-hybridized carbons (Fsp3) is 0.647. The van der Waals surface area contributed by atoms with E-state index in [-0.39, 0.29) is 0 Å². The molecule has 1 N–H and O–H groups in total. The third kappa shape index (κ3) is 4.81. The van der Waals surface area contributed by atoms with Crippen molar-refractivity contribution in [3.63, 3.8) is 0 Å². The molecule has 0 bridgehead atoms. The van der Waals surface area contributed by atoms with Gasteiger partial charge >= 0.3 is 0 Å². The number of rotatable bonds is 8. The van der Waals surface area contributed by atoms with E-state index in [1.54, 1.807) is 0 Å². The summed E-state index contributed by atoms with van der Waals surface area (Å²) in [6.07, 6.45) is 3.64. The largest absolute Gasteiger partial charge is 0.316 e. The van der Waals surface area contributed by atoms with Crippen LogP contribution in [0.1, 0.15) is 57.6 Å². The van der Waals surface area contributed by atoms with Crippen LogP contribution in [0.25, 0.3) is 0 Å². The summed E-state index contributed by atoms with van der Waals surface area (Å²) in [5.41, 5.74) is 2.94. The summed E-state index contributed by atoms with van der Waals surface area (Å²) in [6.45, 7) is 11.4. The van der Waals surface area contributed by atoms with E-state index in [1.165, 1.54) is 30.4 Å². The molecule has 102 valence electrons. The molecule has 1 nitrogen and oxygen atoms in total. The van der Waals surface area contributed by atoms with Crippen molar-refractivity contribution in [1.29, 1.82) is 0 Å². The Balaban J connectivity index is 2.51. The monoisotopic (exact) mass is 247 g/mol. The van der Waals surface area contributed by atoms with Crippen LogP contribution in [0.3, 0.4) is 0 Å². The van der Waals surface area contributed by atoms with Gasteiger partial charge in [-0.15, -0.1) is 0 Å². The molecular weight excluding hydrogens is 218 g/mol. The van der Waals surface area contributed by atoms with Crippen molar-refractivity contribution in [3.05, 3.63) is 35.4 Å². The van der Waals surface area contributed by atoms with Gasteiger partial charge in [-0.2, -0.15) is 0 Å². The second kappa shape index (κ2) is 8.31.